The van der Waals surface area contributed by atoms with Crippen molar-refractivity contribution < 1.29 is 19.1 Å². The van der Waals surface area contributed by atoms with Gasteiger partial charge in [0.05, 0.1) is 16.4 Å². The van der Waals surface area contributed by atoms with Crippen molar-refractivity contribution in [2.24, 2.45) is 5.16 Å². The van der Waals surface area contributed by atoms with E-state index in [9.17, 15) is 4.79 Å². The van der Waals surface area contributed by atoms with Crippen molar-refractivity contribution in [3.8, 4) is 11.5 Å². The third kappa shape index (κ3) is 7.42. The summed E-state index contributed by atoms with van der Waals surface area (Å²) in [6.07, 6.45) is 1.53. The predicted molar refractivity (Wildman–Crippen MR) is 135 cm³/mol. The van der Waals surface area contributed by atoms with Crippen LogP contribution in [0.3, 0.4) is 0 Å². The molecule has 0 spiro atoms. The van der Waals surface area contributed by atoms with E-state index in [0.717, 1.165) is 14.7 Å². The predicted octanol–water partition coefficient (Wildman–Crippen LogP) is 5.91. The Balaban J connectivity index is 1.60. The zero-order valence-corrected chi connectivity index (χ0v) is 20.3. The van der Waals surface area contributed by atoms with E-state index in [1.807, 2.05) is 61.5 Å². The number of carbonyl (C=O) groups excluding carboxylic acids is 1. The van der Waals surface area contributed by atoms with E-state index in [1.165, 1.54) is 6.21 Å². The number of amides is 1. The van der Waals surface area contributed by atoms with Crippen LogP contribution in [-0.4, -0.2) is 25.3 Å². The standard InChI is InChI=1S/C24H22ClIN2O4/c1-2-30-22-13-18(14-27-32-16-23(29)28-20-6-4-3-5-7-20)12-21(26)24(22)31-15-17-8-10-19(25)11-9-17/h3-14H,2,15-16H2,1H3,(H,28,29)/b27-14+. The highest BCUT2D eigenvalue weighted by molar-refractivity contribution is 14.1. The van der Waals surface area contributed by atoms with E-state index < -0.39 is 0 Å². The first-order chi connectivity index (χ1) is 15.5. The fourth-order valence-corrected chi connectivity index (χ4v) is 3.62. The van der Waals surface area contributed by atoms with Crippen LogP contribution in [0.25, 0.3) is 0 Å². The minimum atomic E-state index is -0.288. The Bertz CT molecular complexity index is 1060. The summed E-state index contributed by atoms with van der Waals surface area (Å²) in [5, 5.41) is 7.31. The molecule has 3 aromatic carbocycles. The summed E-state index contributed by atoms with van der Waals surface area (Å²) >= 11 is 8.13. The van der Waals surface area contributed by atoms with Crippen molar-refractivity contribution in [1.29, 1.82) is 0 Å². The maximum atomic E-state index is 11.9. The zero-order chi connectivity index (χ0) is 22.8. The summed E-state index contributed by atoms with van der Waals surface area (Å²) < 4.78 is 12.6. The number of rotatable bonds is 10. The topological polar surface area (TPSA) is 69.2 Å². The molecular weight excluding hydrogens is 543 g/mol. The fraction of sp³-hybridized carbons (Fsp3) is 0.167. The molecule has 0 bridgehead atoms. The largest absolute Gasteiger partial charge is 0.490 e. The Hall–Kier alpha value is -2.78. The molecule has 0 saturated heterocycles. The molecule has 1 amide bonds. The number of nitrogens with one attached hydrogen (secondary N) is 1. The van der Waals surface area contributed by atoms with E-state index >= 15 is 0 Å². The first-order valence-corrected chi connectivity index (χ1v) is 11.3. The third-order valence-electron chi connectivity index (χ3n) is 4.16. The number of hydrogen-bond donors (Lipinski definition) is 1. The molecule has 166 valence electrons. The van der Waals surface area contributed by atoms with Crippen molar-refractivity contribution in [3.05, 3.63) is 86.4 Å². The molecule has 3 rings (SSSR count). The van der Waals surface area contributed by atoms with Crippen molar-refractivity contribution in [2.45, 2.75) is 13.5 Å². The molecule has 0 aliphatic rings. The van der Waals surface area contributed by atoms with Gasteiger partial charge in [-0.15, -0.1) is 0 Å². The molecule has 0 radical (unpaired) electrons. The van der Waals surface area contributed by atoms with Crippen LogP contribution in [0.2, 0.25) is 5.02 Å². The maximum Gasteiger partial charge on any atom is 0.265 e. The molecule has 0 aliphatic carbocycles. The van der Waals surface area contributed by atoms with Gasteiger partial charge in [0.1, 0.15) is 6.61 Å². The first kappa shape index (κ1) is 23.9. The molecule has 8 heteroatoms. The summed E-state index contributed by atoms with van der Waals surface area (Å²) in [7, 11) is 0. The van der Waals surface area contributed by atoms with Gasteiger partial charge in [-0.05, 0) is 71.5 Å². The number of ether oxygens (including phenoxy) is 2. The molecular formula is C24H22ClIN2O4. The van der Waals surface area contributed by atoms with E-state index in [0.29, 0.717) is 35.4 Å². The number of hydrogen-bond acceptors (Lipinski definition) is 5. The minimum Gasteiger partial charge on any atom is -0.490 e. The van der Waals surface area contributed by atoms with Crippen LogP contribution in [-0.2, 0) is 16.2 Å². The van der Waals surface area contributed by atoms with Gasteiger partial charge in [-0.1, -0.05) is 47.1 Å². The van der Waals surface area contributed by atoms with Crippen LogP contribution in [0.1, 0.15) is 18.1 Å². The van der Waals surface area contributed by atoms with Crippen LogP contribution >= 0.6 is 34.2 Å². The molecule has 0 aliphatic heterocycles. The molecule has 0 fully saturated rings. The maximum absolute atomic E-state index is 11.9. The van der Waals surface area contributed by atoms with Gasteiger partial charge in [-0.2, -0.15) is 0 Å². The average molecular weight is 565 g/mol. The SMILES string of the molecule is CCOc1cc(/C=N/OCC(=O)Nc2ccccc2)cc(I)c1OCc1ccc(Cl)cc1. The lowest BCUT2D eigenvalue weighted by molar-refractivity contribution is -0.120. The first-order valence-electron chi connectivity index (χ1n) is 9.89. The van der Waals surface area contributed by atoms with Gasteiger partial charge in [0.25, 0.3) is 5.91 Å². The van der Waals surface area contributed by atoms with Crippen LogP contribution in [0.4, 0.5) is 5.69 Å². The number of nitrogens with zero attached hydrogens (tertiary/aromatic N) is 1. The second-order valence-electron chi connectivity index (χ2n) is 6.60. The van der Waals surface area contributed by atoms with Crippen molar-refractivity contribution in [2.75, 3.05) is 18.5 Å². The molecule has 1 N–H and O–H groups in total. The summed E-state index contributed by atoms with van der Waals surface area (Å²) in [6.45, 7) is 2.60. The van der Waals surface area contributed by atoms with E-state index in [2.05, 4.69) is 33.1 Å². The van der Waals surface area contributed by atoms with Gasteiger partial charge in [0.15, 0.2) is 18.1 Å². The van der Waals surface area contributed by atoms with E-state index in [4.69, 9.17) is 25.9 Å². The number of oxime groups is 1. The van der Waals surface area contributed by atoms with Gasteiger partial charge in [0.2, 0.25) is 0 Å². The Labute approximate surface area is 205 Å². The number of anilines is 1. The van der Waals surface area contributed by atoms with Crippen molar-refractivity contribution in [3.63, 3.8) is 0 Å². The van der Waals surface area contributed by atoms with E-state index in [-0.39, 0.29) is 12.5 Å². The summed E-state index contributed by atoms with van der Waals surface area (Å²) in [5.41, 5.74) is 2.47. The molecule has 0 unspecified atom stereocenters. The quantitative estimate of drug-likeness (QED) is 0.189. The number of carbonyl (C=O) groups is 1. The number of halogens is 2. The van der Waals surface area contributed by atoms with Gasteiger partial charge < -0.3 is 19.6 Å². The summed E-state index contributed by atoms with van der Waals surface area (Å²) in [6, 6.07) is 20.4. The lowest BCUT2D eigenvalue weighted by atomic mass is 10.2. The molecule has 6 nitrogen and oxygen atoms in total. The zero-order valence-electron chi connectivity index (χ0n) is 17.4. The number of benzene rings is 3. The lowest BCUT2D eigenvalue weighted by Crippen LogP contribution is -2.16. The van der Waals surface area contributed by atoms with Crippen molar-refractivity contribution in [1.82, 2.24) is 0 Å². The average Bonchev–Trinajstić information content (AvgIpc) is 2.78. The number of para-hydroxylation sites is 1. The molecule has 0 atom stereocenters. The Morgan fingerprint density at radius 1 is 1.09 bits per heavy atom. The van der Waals surface area contributed by atoms with Crippen LogP contribution in [0, 0.1) is 3.57 Å². The molecule has 3 aromatic rings. The lowest BCUT2D eigenvalue weighted by Gasteiger charge is -2.14. The van der Waals surface area contributed by atoms with E-state index in [1.54, 1.807) is 12.1 Å². The van der Waals surface area contributed by atoms with Gasteiger partial charge >= 0.3 is 0 Å². The summed E-state index contributed by atoms with van der Waals surface area (Å²) in [4.78, 5) is 17.0. The second kappa shape index (κ2) is 12.3. The highest BCUT2D eigenvalue weighted by Crippen LogP contribution is 2.34. The Kier molecular flexibility index (Phi) is 9.18. The second-order valence-corrected chi connectivity index (χ2v) is 8.20. The molecule has 0 heterocycles. The van der Waals surface area contributed by atoms with Gasteiger partial charge in [-0.3, -0.25) is 4.79 Å². The third-order valence-corrected chi connectivity index (χ3v) is 5.21. The highest BCUT2D eigenvalue weighted by atomic mass is 127. The molecule has 0 aromatic heterocycles. The Morgan fingerprint density at radius 3 is 2.56 bits per heavy atom. The summed E-state index contributed by atoms with van der Waals surface area (Å²) in [5.74, 6) is 0.975. The molecule has 0 saturated carbocycles. The van der Waals surface area contributed by atoms with Crippen LogP contribution < -0.4 is 14.8 Å². The van der Waals surface area contributed by atoms with Gasteiger partial charge in [0, 0.05) is 16.3 Å². The minimum absolute atomic E-state index is 0.191. The van der Waals surface area contributed by atoms with Crippen LogP contribution in [0.5, 0.6) is 11.5 Å². The monoisotopic (exact) mass is 564 g/mol. The highest BCUT2D eigenvalue weighted by Gasteiger charge is 2.12. The smallest absolute Gasteiger partial charge is 0.265 e. The fourth-order valence-electron chi connectivity index (χ4n) is 2.71. The van der Waals surface area contributed by atoms with Gasteiger partial charge in [-0.25, -0.2) is 0 Å². The normalized spacial score (nSPS) is 10.7. The molecule has 32 heavy (non-hydrogen) atoms. The van der Waals surface area contributed by atoms with Crippen LogP contribution in [0.15, 0.2) is 71.9 Å². The van der Waals surface area contributed by atoms with Crippen molar-refractivity contribution >= 4 is 52.0 Å². The Morgan fingerprint density at radius 2 is 1.84 bits per heavy atom.